The van der Waals surface area contributed by atoms with Crippen LogP contribution in [0, 0.1) is 0 Å². The zero-order valence-corrected chi connectivity index (χ0v) is 14.3. The molecule has 1 N–H and O–H groups in total. The summed E-state index contributed by atoms with van der Waals surface area (Å²) in [5.41, 5.74) is -0.760. The number of hydrogen-bond donors (Lipinski definition) is 1. The highest BCUT2D eigenvalue weighted by Crippen LogP contribution is 2.38. The molecule has 2 heterocycles. The first-order valence-electron chi connectivity index (χ1n) is 5.45. The molecule has 20 heavy (non-hydrogen) atoms. The second-order valence-corrected chi connectivity index (χ2v) is 9.53. The summed E-state index contributed by atoms with van der Waals surface area (Å²) in [6, 6.07) is 1.39. The molecule has 6 nitrogen and oxygen atoms in total. The first kappa shape index (κ1) is 16.2. The largest absolute Gasteiger partial charge is 0.480 e. The average molecular weight is 405 g/mol. The molecule has 0 spiro atoms. The third-order valence-electron chi connectivity index (χ3n) is 2.78. The van der Waals surface area contributed by atoms with Crippen molar-refractivity contribution in [3.8, 4) is 0 Å². The van der Waals surface area contributed by atoms with Gasteiger partial charge in [0.2, 0.25) is 0 Å². The van der Waals surface area contributed by atoms with Gasteiger partial charge in [-0.3, -0.25) is 0 Å². The van der Waals surface area contributed by atoms with Crippen LogP contribution in [-0.4, -0.2) is 49.1 Å². The van der Waals surface area contributed by atoms with Crippen molar-refractivity contribution in [2.24, 2.45) is 0 Å². The summed E-state index contributed by atoms with van der Waals surface area (Å²) >= 11 is 10.0. The van der Waals surface area contributed by atoms with Crippen LogP contribution in [0.15, 0.2) is 14.1 Å². The lowest BCUT2D eigenvalue weighted by Crippen LogP contribution is -2.63. The van der Waals surface area contributed by atoms with Crippen molar-refractivity contribution < 1.29 is 23.1 Å². The summed E-state index contributed by atoms with van der Waals surface area (Å²) < 4.78 is 31.7. The van der Waals surface area contributed by atoms with Crippen LogP contribution in [0.3, 0.4) is 0 Å². The number of thiophene rings is 1. The molecule has 10 heteroatoms. The summed E-state index contributed by atoms with van der Waals surface area (Å²) in [5, 5.41) is 8.90. The number of nitrogens with zero attached hydrogens (tertiary/aromatic N) is 1. The van der Waals surface area contributed by atoms with E-state index in [-0.39, 0.29) is 17.3 Å². The summed E-state index contributed by atoms with van der Waals surface area (Å²) in [4.78, 5) is 10.5. The highest BCUT2D eigenvalue weighted by Gasteiger charge is 2.47. The Labute approximate surface area is 133 Å². The minimum Gasteiger partial charge on any atom is -0.480 e. The Hall–Kier alpha value is -0.190. The first-order valence-corrected chi connectivity index (χ1v) is 8.87. The van der Waals surface area contributed by atoms with Crippen LogP contribution in [0.5, 0.6) is 0 Å². The number of carbonyl (C=O) groups is 1. The molecule has 0 bridgehead atoms. The molecule has 1 aromatic heterocycles. The molecule has 2 rings (SSSR count). The molecule has 0 aromatic carbocycles. The van der Waals surface area contributed by atoms with Crippen LogP contribution in [0.2, 0.25) is 5.02 Å². The second kappa shape index (κ2) is 5.54. The van der Waals surface area contributed by atoms with E-state index in [1.165, 1.54) is 10.4 Å². The van der Waals surface area contributed by atoms with E-state index >= 15 is 0 Å². The minimum atomic E-state index is -3.60. The third kappa shape index (κ3) is 3.18. The Morgan fingerprint density at radius 1 is 1.65 bits per heavy atom. The van der Waals surface area contributed by atoms with Gasteiger partial charge in [-0.25, -0.2) is 13.2 Å². The normalized spacial score (nSPS) is 18.8. The molecule has 1 aliphatic rings. The Morgan fingerprint density at radius 2 is 2.25 bits per heavy atom. The van der Waals surface area contributed by atoms with Gasteiger partial charge in [0.05, 0.1) is 14.4 Å². The van der Waals surface area contributed by atoms with Crippen molar-refractivity contribution in [3.63, 3.8) is 0 Å². The molecule has 0 atom stereocenters. The van der Waals surface area contributed by atoms with Crippen molar-refractivity contribution in [2.75, 3.05) is 19.7 Å². The molecule has 0 saturated carbocycles. The van der Waals surface area contributed by atoms with Gasteiger partial charge in [-0.2, -0.15) is 4.31 Å². The van der Waals surface area contributed by atoms with Crippen LogP contribution >= 0.6 is 38.9 Å². The lowest BCUT2D eigenvalue weighted by molar-refractivity contribution is -0.157. The van der Waals surface area contributed by atoms with E-state index in [0.717, 1.165) is 11.3 Å². The molecule has 0 amide bonds. The van der Waals surface area contributed by atoms with Crippen molar-refractivity contribution in [2.45, 2.75) is 16.7 Å². The molecule has 1 aromatic rings. The molecule has 1 saturated heterocycles. The number of sulfonamides is 1. The van der Waals surface area contributed by atoms with E-state index in [2.05, 4.69) is 15.9 Å². The first-order chi connectivity index (χ1) is 9.14. The summed E-state index contributed by atoms with van der Waals surface area (Å²) in [6.45, 7) is 1.48. The quantitative estimate of drug-likeness (QED) is 0.812. The van der Waals surface area contributed by atoms with E-state index in [1.54, 1.807) is 6.92 Å². The standard InChI is InChI=1S/C10H11BrClNO5S2/c1-10(18-3-7(14)15)4-13(5-10)20(16,17)8-2-6(12)9(11)19-8/h2H,3-5H2,1H3,(H,14,15). The van der Waals surface area contributed by atoms with Gasteiger partial charge in [0.15, 0.2) is 0 Å². The molecule has 112 valence electrons. The molecular weight excluding hydrogens is 394 g/mol. The van der Waals surface area contributed by atoms with E-state index in [9.17, 15) is 13.2 Å². The maximum Gasteiger partial charge on any atom is 0.329 e. The topological polar surface area (TPSA) is 83.9 Å². The fraction of sp³-hybridized carbons (Fsp3) is 0.500. The molecule has 1 aliphatic heterocycles. The lowest BCUT2D eigenvalue weighted by atomic mass is 10.0. The fourth-order valence-electron chi connectivity index (χ4n) is 1.78. The van der Waals surface area contributed by atoms with Gasteiger partial charge in [-0.1, -0.05) is 11.6 Å². The highest BCUT2D eigenvalue weighted by atomic mass is 79.9. The highest BCUT2D eigenvalue weighted by molar-refractivity contribution is 9.11. The molecular formula is C10H11BrClNO5S2. The van der Waals surface area contributed by atoms with E-state index in [0.29, 0.717) is 8.81 Å². The second-order valence-electron chi connectivity index (χ2n) is 4.59. The van der Waals surface area contributed by atoms with Crippen LogP contribution in [0.25, 0.3) is 0 Å². The Kier molecular flexibility index (Phi) is 4.49. The Morgan fingerprint density at radius 3 is 2.70 bits per heavy atom. The predicted molar refractivity (Wildman–Crippen MR) is 77.8 cm³/mol. The maximum atomic E-state index is 12.3. The number of rotatable bonds is 5. The van der Waals surface area contributed by atoms with Crippen molar-refractivity contribution >= 4 is 54.9 Å². The monoisotopic (exact) mass is 403 g/mol. The number of halogens is 2. The van der Waals surface area contributed by atoms with Crippen molar-refractivity contribution in [1.29, 1.82) is 0 Å². The van der Waals surface area contributed by atoms with Gasteiger partial charge in [-0.05, 0) is 28.9 Å². The minimum absolute atomic E-state index is 0.121. The van der Waals surface area contributed by atoms with Gasteiger partial charge < -0.3 is 9.84 Å². The van der Waals surface area contributed by atoms with Crippen LogP contribution in [-0.2, 0) is 19.6 Å². The average Bonchev–Trinajstić information content (AvgIpc) is 2.64. The summed E-state index contributed by atoms with van der Waals surface area (Å²) in [7, 11) is -3.60. The lowest BCUT2D eigenvalue weighted by Gasteiger charge is -2.45. The summed E-state index contributed by atoms with van der Waals surface area (Å²) in [5.74, 6) is -1.08. The van der Waals surface area contributed by atoms with Crippen LogP contribution < -0.4 is 0 Å². The molecule has 1 fully saturated rings. The van der Waals surface area contributed by atoms with E-state index < -0.39 is 28.2 Å². The van der Waals surface area contributed by atoms with Crippen LogP contribution in [0.1, 0.15) is 6.92 Å². The van der Waals surface area contributed by atoms with Gasteiger partial charge in [0.25, 0.3) is 10.0 Å². The third-order valence-corrected chi connectivity index (χ3v) is 7.50. The number of aliphatic carboxylic acids is 1. The Balaban J connectivity index is 2.06. The predicted octanol–water partition coefficient (Wildman–Crippen LogP) is 2.03. The fourth-order valence-corrected chi connectivity index (χ4v) is 6.00. The smallest absolute Gasteiger partial charge is 0.329 e. The number of carboxylic acid groups (broad SMARTS) is 1. The van der Waals surface area contributed by atoms with E-state index in [1.807, 2.05) is 0 Å². The molecule has 0 aliphatic carbocycles. The van der Waals surface area contributed by atoms with Gasteiger partial charge in [0.1, 0.15) is 10.8 Å². The van der Waals surface area contributed by atoms with Crippen LogP contribution in [0.4, 0.5) is 0 Å². The number of hydrogen-bond acceptors (Lipinski definition) is 5. The molecule has 0 radical (unpaired) electrons. The van der Waals surface area contributed by atoms with E-state index in [4.69, 9.17) is 21.4 Å². The van der Waals surface area contributed by atoms with Gasteiger partial charge >= 0.3 is 5.97 Å². The summed E-state index contributed by atoms with van der Waals surface area (Å²) in [6.07, 6.45) is 0. The SMILES string of the molecule is CC1(OCC(=O)O)CN(S(=O)(=O)c2cc(Cl)c(Br)s2)C1. The maximum absolute atomic E-state index is 12.3. The zero-order chi connectivity index (χ0) is 15.1. The number of ether oxygens (including phenoxy) is 1. The molecule has 0 unspecified atom stereocenters. The van der Waals surface area contributed by atoms with Crippen molar-refractivity contribution in [3.05, 3.63) is 14.9 Å². The van der Waals surface area contributed by atoms with Gasteiger partial charge in [-0.15, -0.1) is 11.3 Å². The zero-order valence-electron chi connectivity index (χ0n) is 10.3. The van der Waals surface area contributed by atoms with Crippen molar-refractivity contribution in [1.82, 2.24) is 4.31 Å². The van der Waals surface area contributed by atoms with Gasteiger partial charge in [0, 0.05) is 13.1 Å². The Bertz CT molecular complexity index is 619. The number of carboxylic acids is 1.